The average Bonchev–Trinajstić information content (AvgIpc) is 3.14. The predicted octanol–water partition coefficient (Wildman–Crippen LogP) is 2.54. The van der Waals surface area contributed by atoms with Crippen molar-refractivity contribution in [3.05, 3.63) is 61.6 Å². The molecule has 1 aromatic carbocycles. The van der Waals surface area contributed by atoms with E-state index >= 15 is 0 Å². The zero-order valence-electron chi connectivity index (χ0n) is 15.7. The summed E-state index contributed by atoms with van der Waals surface area (Å²) in [6.45, 7) is 0. The number of hydrogen-bond acceptors (Lipinski definition) is 7. The first-order valence-corrected chi connectivity index (χ1v) is 9.81. The predicted molar refractivity (Wildman–Crippen MR) is 114 cm³/mol. The molecule has 0 saturated heterocycles. The van der Waals surface area contributed by atoms with Crippen LogP contribution in [0.2, 0.25) is 0 Å². The monoisotopic (exact) mass is 469 g/mol. The van der Waals surface area contributed by atoms with Gasteiger partial charge in [-0.15, -0.1) is 11.3 Å². The van der Waals surface area contributed by atoms with Gasteiger partial charge in [-0.2, -0.15) is 13.2 Å². The van der Waals surface area contributed by atoms with Crippen LogP contribution in [0.5, 0.6) is 0 Å². The van der Waals surface area contributed by atoms with Gasteiger partial charge in [0.15, 0.2) is 5.13 Å². The standard InChI is InChI=1S/C18H14F3N5O3S2/c1-26-14(22)13(15(28)25-17(26)29)11(30)6-12(27)24-16-23-10(7-31-16)8-3-2-4-9(5-8)18(19,20)21/h2-5,7H,6,22H2,1H3,(H,23,24,27)(H,25,28,29). The largest absolute Gasteiger partial charge is 0.416 e. The van der Waals surface area contributed by atoms with Crippen molar-refractivity contribution in [2.75, 3.05) is 11.1 Å². The summed E-state index contributed by atoms with van der Waals surface area (Å²) < 4.78 is 39.6. The fourth-order valence-electron chi connectivity index (χ4n) is 2.62. The number of nitrogen functional groups attached to an aromatic ring is 1. The van der Waals surface area contributed by atoms with E-state index in [1.54, 1.807) is 0 Å². The van der Waals surface area contributed by atoms with Crippen molar-refractivity contribution in [1.29, 1.82) is 0 Å². The summed E-state index contributed by atoms with van der Waals surface area (Å²) in [4.78, 5) is 41.9. The SMILES string of the molecule is Cn1c(N)c(C(=S)CC(=O)Nc2nc(-c3cccc(C(F)(F)F)c3)cs2)c(=O)[nH]c1=O. The van der Waals surface area contributed by atoms with Crippen LogP contribution in [0, 0.1) is 0 Å². The maximum atomic E-state index is 12.9. The van der Waals surface area contributed by atoms with E-state index in [2.05, 4.69) is 15.3 Å². The fraction of sp³-hybridized carbons (Fsp3) is 0.167. The molecule has 0 unspecified atom stereocenters. The van der Waals surface area contributed by atoms with Gasteiger partial charge in [0.1, 0.15) is 5.82 Å². The van der Waals surface area contributed by atoms with Gasteiger partial charge in [-0.05, 0) is 12.1 Å². The van der Waals surface area contributed by atoms with Crippen molar-refractivity contribution in [2.45, 2.75) is 12.6 Å². The third-order valence-corrected chi connectivity index (χ3v) is 5.31. The van der Waals surface area contributed by atoms with Crippen LogP contribution >= 0.6 is 23.6 Å². The van der Waals surface area contributed by atoms with Crippen molar-refractivity contribution < 1.29 is 18.0 Å². The van der Waals surface area contributed by atoms with E-state index in [0.29, 0.717) is 0 Å². The minimum atomic E-state index is -4.49. The molecule has 0 aliphatic rings. The number of anilines is 2. The van der Waals surface area contributed by atoms with Crippen LogP contribution < -0.4 is 22.3 Å². The van der Waals surface area contributed by atoms with E-state index in [-0.39, 0.29) is 39.1 Å². The highest BCUT2D eigenvalue weighted by molar-refractivity contribution is 7.81. The molecule has 2 heterocycles. The number of aromatic nitrogens is 3. The number of nitrogens with zero attached hydrogens (tertiary/aromatic N) is 2. The normalized spacial score (nSPS) is 11.4. The van der Waals surface area contributed by atoms with Gasteiger partial charge in [0, 0.05) is 22.9 Å². The summed E-state index contributed by atoms with van der Waals surface area (Å²) in [5.74, 6) is -0.782. The Morgan fingerprint density at radius 2 is 2.06 bits per heavy atom. The first-order valence-electron chi connectivity index (χ1n) is 8.52. The minimum Gasteiger partial charge on any atom is -0.384 e. The molecule has 162 valence electrons. The van der Waals surface area contributed by atoms with Crippen molar-refractivity contribution >= 4 is 45.3 Å². The molecule has 0 bridgehead atoms. The molecule has 3 rings (SSSR count). The molecule has 0 spiro atoms. The smallest absolute Gasteiger partial charge is 0.384 e. The molecule has 31 heavy (non-hydrogen) atoms. The molecule has 0 saturated carbocycles. The number of carbonyl (C=O) groups is 1. The van der Waals surface area contributed by atoms with E-state index in [0.717, 1.165) is 28.0 Å². The number of amides is 1. The van der Waals surface area contributed by atoms with Crippen molar-refractivity contribution in [1.82, 2.24) is 14.5 Å². The summed E-state index contributed by atoms with van der Waals surface area (Å²) in [5, 5.41) is 4.12. The van der Waals surface area contributed by atoms with Gasteiger partial charge in [0.05, 0.1) is 23.2 Å². The van der Waals surface area contributed by atoms with E-state index in [9.17, 15) is 27.6 Å². The molecule has 13 heteroatoms. The Hall–Kier alpha value is -3.32. The summed E-state index contributed by atoms with van der Waals surface area (Å²) in [5.41, 5.74) is 3.76. The van der Waals surface area contributed by atoms with Gasteiger partial charge in [-0.25, -0.2) is 9.78 Å². The van der Waals surface area contributed by atoms with Crippen LogP contribution in [0.4, 0.5) is 24.1 Å². The topological polar surface area (TPSA) is 123 Å². The zero-order valence-corrected chi connectivity index (χ0v) is 17.4. The molecule has 3 aromatic rings. The van der Waals surface area contributed by atoms with Gasteiger partial charge in [0.25, 0.3) is 5.56 Å². The lowest BCUT2D eigenvalue weighted by Crippen LogP contribution is -2.35. The van der Waals surface area contributed by atoms with E-state index in [4.69, 9.17) is 18.0 Å². The Balaban J connectivity index is 1.74. The number of aromatic amines is 1. The maximum absolute atomic E-state index is 12.9. The number of rotatable bonds is 5. The molecular formula is C18H14F3N5O3S2. The molecule has 0 aliphatic carbocycles. The second kappa shape index (κ2) is 8.43. The Bertz CT molecular complexity index is 1290. The number of benzene rings is 1. The lowest BCUT2D eigenvalue weighted by Gasteiger charge is -2.09. The Kier molecular flexibility index (Phi) is 6.08. The molecule has 0 radical (unpaired) electrons. The quantitative estimate of drug-likeness (QED) is 0.390. The number of H-pyrrole nitrogens is 1. The van der Waals surface area contributed by atoms with Gasteiger partial charge in [0.2, 0.25) is 5.91 Å². The third-order valence-electron chi connectivity index (χ3n) is 4.21. The lowest BCUT2D eigenvalue weighted by molar-refractivity contribution is -0.137. The molecule has 4 N–H and O–H groups in total. The van der Waals surface area contributed by atoms with Gasteiger partial charge in [-0.1, -0.05) is 24.4 Å². The molecule has 0 fully saturated rings. The molecule has 1 amide bonds. The number of thiocarbonyl (C=S) groups is 1. The van der Waals surface area contributed by atoms with Crippen LogP contribution in [0.3, 0.4) is 0 Å². The van der Waals surface area contributed by atoms with Crippen LogP contribution in [-0.2, 0) is 18.0 Å². The number of carbonyl (C=O) groups excluding carboxylic acids is 1. The Morgan fingerprint density at radius 1 is 1.35 bits per heavy atom. The van der Waals surface area contributed by atoms with E-state index < -0.39 is 28.9 Å². The van der Waals surface area contributed by atoms with Crippen molar-refractivity contribution in [3.8, 4) is 11.3 Å². The lowest BCUT2D eigenvalue weighted by atomic mass is 10.1. The van der Waals surface area contributed by atoms with Crippen molar-refractivity contribution in [3.63, 3.8) is 0 Å². The highest BCUT2D eigenvalue weighted by Crippen LogP contribution is 2.33. The Labute approximate surface area is 181 Å². The van der Waals surface area contributed by atoms with Gasteiger partial charge < -0.3 is 11.1 Å². The summed E-state index contributed by atoms with van der Waals surface area (Å²) in [7, 11) is 1.34. The number of hydrogen-bond donors (Lipinski definition) is 3. The molecular weight excluding hydrogens is 455 g/mol. The molecule has 2 aromatic heterocycles. The number of nitrogens with one attached hydrogen (secondary N) is 2. The van der Waals surface area contributed by atoms with Gasteiger partial charge >= 0.3 is 11.9 Å². The summed E-state index contributed by atoms with van der Waals surface area (Å²) in [6.07, 6.45) is -4.88. The van der Waals surface area contributed by atoms with Crippen molar-refractivity contribution in [2.24, 2.45) is 7.05 Å². The second-order valence-corrected chi connectivity index (χ2v) is 7.69. The van der Waals surface area contributed by atoms with Crippen LogP contribution in [-0.4, -0.2) is 25.3 Å². The highest BCUT2D eigenvalue weighted by Gasteiger charge is 2.30. The van der Waals surface area contributed by atoms with Crippen LogP contribution in [0.1, 0.15) is 17.5 Å². The molecule has 0 aliphatic heterocycles. The van der Waals surface area contributed by atoms with E-state index in [1.807, 2.05) is 0 Å². The van der Waals surface area contributed by atoms with Crippen LogP contribution in [0.25, 0.3) is 11.3 Å². The average molecular weight is 469 g/mol. The summed E-state index contributed by atoms with van der Waals surface area (Å²) >= 11 is 6.14. The molecule has 8 nitrogen and oxygen atoms in total. The third kappa shape index (κ3) is 4.88. The minimum absolute atomic E-state index is 0.0819. The first kappa shape index (κ1) is 22.4. The zero-order chi connectivity index (χ0) is 22.9. The number of halogens is 3. The number of nitrogens with two attached hydrogens (primary N) is 1. The number of alkyl halides is 3. The maximum Gasteiger partial charge on any atom is 0.416 e. The van der Waals surface area contributed by atoms with E-state index in [1.165, 1.54) is 24.6 Å². The first-order chi connectivity index (χ1) is 14.5. The fourth-order valence-corrected chi connectivity index (χ4v) is 3.69. The number of thiazole rings is 1. The van der Waals surface area contributed by atoms with Crippen LogP contribution in [0.15, 0.2) is 39.2 Å². The highest BCUT2D eigenvalue weighted by atomic mass is 32.1. The van der Waals surface area contributed by atoms with Gasteiger partial charge in [-0.3, -0.25) is 19.1 Å². The summed E-state index contributed by atoms with van der Waals surface area (Å²) in [6, 6.07) is 4.65. The molecule has 0 atom stereocenters. The second-order valence-electron chi connectivity index (χ2n) is 6.34. The Morgan fingerprint density at radius 3 is 2.74 bits per heavy atom.